The maximum Gasteiger partial charge on any atom is 1.00 e. The predicted molar refractivity (Wildman–Crippen MR) is 62.7 cm³/mol. The first-order valence-corrected chi connectivity index (χ1v) is 4.98. The van der Waals surface area contributed by atoms with Gasteiger partial charge in [-0.15, -0.1) is 0 Å². The van der Waals surface area contributed by atoms with Gasteiger partial charge < -0.3 is 1.43 Å². The van der Waals surface area contributed by atoms with Crippen molar-refractivity contribution in [3.8, 4) is 0 Å². The van der Waals surface area contributed by atoms with Crippen LogP contribution in [0.1, 0.15) is 22.1 Å². The summed E-state index contributed by atoms with van der Waals surface area (Å²) >= 11 is 0. The van der Waals surface area contributed by atoms with Crippen molar-refractivity contribution in [2.45, 2.75) is 0 Å². The van der Waals surface area contributed by atoms with Crippen molar-refractivity contribution in [3.63, 3.8) is 0 Å². The number of carbonyl (C=O) groups excluding carboxylic acids is 2. The molecule has 0 radical (unpaired) electrons. The Morgan fingerprint density at radius 1 is 0.647 bits per heavy atom. The van der Waals surface area contributed by atoms with E-state index in [0.717, 1.165) is 0 Å². The maximum absolute atomic E-state index is 11.8. The van der Waals surface area contributed by atoms with Gasteiger partial charge in [0.25, 0.3) is 0 Å². The molecule has 2 aromatic rings. The van der Waals surface area contributed by atoms with Crippen LogP contribution in [0.25, 0.3) is 0 Å². The summed E-state index contributed by atoms with van der Waals surface area (Å²) in [6.07, 6.45) is 0. The number of Topliss-reactive ketones (excluding diaryl/α,β-unsaturated/α-hetero) is 2. The van der Waals surface area contributed by atoms with Gasteiger partial charge in [0.15, 0.2) is 0 Å². The Labute approximate surface area is 113 Å². The number of carbonyl (C=O) groups is 2. The van der Waals surface area contributed by atoms with Gasteiger partial charge in [-0.3, -0.25) is 9.59 Å². The van der Waals surface area contributed by atoms with Crippen LogP contribution in [0.5, 0.6) is 0 Å². The second-order valence-corrected chi connectivity index (χ2v) is 3.39. The molecule has 2 aromatic carbocycles. The predicted octanol–water partition coefficient (Wildman–Crippen LogP) is -0.131. The number of rotatable bonds is 3. The van der Waals surface area contributed by atoms with Crippen molar-refractivity contribution in [2.75, 3.05) is 0 Å². The molecule has 0 aliphatic rings. The van der Waals surface area contributed by atoms with E-state index < -0.39 is 11.6 Å². The summed E-state index contributed by atoms with van der Waals surface area (Å²) in [7, 11) is 0. The van der Waals surface area contributed by atoms with Crippen LogP contribution in [0.3, 0.4) is 0 Å². The molecule has 0 saturated carbocycles. The average Bonchev–Trinajstić information content (AvgIpc) is 2.39. The van der Waals surface area contributed by atoms with Crippen molar-refractivity contribution in [3.05, 3.63) is 71.8 Å². The van der Waals surface area contributed by atoms with Gasteiger partial charge in [-0.05, 0) is 0 Å². The van der Waals surface area contributed by atoms with Gasteiger partial charge in [0.1, 0.15) is 0 Å². The summed E-state index contributed by atoms with van der Waals surface area (Å²) in [5, 5.41) is 0. The summed E-state index contributed by atoms with van der Waals surface area (Å²) < 4.78 is 0. The standard InChI is InChI=1S/C14H10O2.Li.H/c15-13(11-7-3-1-4-8-11)14(16)12-9-5-2-6-10-12;;/h1-10H;;/q;+1;-1. The van der Waals surface area contributed by atoms with Crippen LogP contribution in [0.15, 0.2) is 60.7 Å². The molecule has 0 saturated heterocycles. The van der Waals surface area contributed by atoms with E-state index in [1.165, 1.54) is 0 Å². The minimum atomic E-state index is -0.466. The van der Waals surface area contributed by atoms with E-state index >= 15 is 0 Å². The number of benzene rings is 2. The largest absolute Gasteiger partial charge is 1.00 e. The van der Waals surface area contributed by atoms with E-state index in [2.05, 4.69) is 0 Å². The van der Waals surface area contributed by atoms with Crippen LogP contribution in [0, 0.1) is 0 Å². The molecule has 2 nitrogen and oxygen atoms in total. The van der Waals surface area contributed by atoms with Gasteiger partial charge in [0, 0.05) is 11.1 Å². The van der Waals surface area contributed by atoms with E-state index in [4.69, 9.17) is 0 Å². The van der Waals surface area contributed by atoms with Crippen LogP contribution in [-0.4, -0.2) is 11.6 Å². The zero-order chi connectivity index (χ0) is 11.4. The van der Waals surface area contributed by atoms with Crippen molar-refractivity contribution in [1.29, 1.82) is 0 Å². The van der Waals surface area contributed by atoms with Gasteiger partial charge in [0.2, 0.25) is 11.6 Å². The van der Waals surface area contributed by atoms with E-state index in [0.29, 0.717) is 11.1 Å². The summed E-state index contributed by atoms with van der Waals surface area (Å²) in [5.41, 5.74) is 0.854. The molecule has 0 unspecified atom stereocenters. The zero-order valence-corrected chi connectivity index (χ0v) is 9.59. The third kappa shape index (κ3) is 3.17. The normalized spacial score (nSPS) is 9.18. The van der Waals surface area contributed by atoms with Crippen LogP contribution >= 0.6 is 0 Å². The third-order valence-corrected chi connectivity index (χ3v) is 2.28. The Morgan fingerprint density at radius 2 is 0.941 bits per heavy atom. The Balaban J connectivity index is 0.00000144. The smallest absolute Gasteiger partial charge is 1.00 e. The number of hydrogen-bond acceptors (Lipinski definition) is 2. The second-order valence-electron chi connectivity index (χ2n) is 3.39. The second kappa shape index (κ2) is 6.20. The molecule has 0 spiro atoms. The van der Waals surface area contributed by atoms with Crippen molar-refractivity contribution in [1.82, 2.24) is 0 Å². The van der Waals surface area contributed by atoms with E-state index in [-0.39, 0.29) is 20.3 Å². The van der Waals surface area contributed by atoms with Crippen molar-refractivity contribution >= 4 is 11.6 Å². The summed E-state index contributed by atoms with van der Waals surface area (Å²) in [5.74, 6) is -0.932. The molecular formula is C14H11LiO2. The van der Waals surface area contributed by atoms with Crippen LogP contribution < -0.4 is 18.9 Å². The minimum Gasteiger partial charge on any atom is -1.00 e. The molecule has 0 heterocycles. The first kappa shape index (κ1) is 13.4. The zero-order valence-electron chi connectivity index (χ0n) is 10.6. The van der Waals surface area contributed by atoms with Crippen molar-refractivity contribution in [2.24, 2.45) is 0 Å². The van der Waals surface area contributed by atoms with Gasteiger partial charge >= 0.3 is 18.9 Å². The van der Waals surface area contributed by atoms with Gasteiger partial charge in [-0.25, -0.2) is 0 Å². The Morgan fingerprint density at radius 3 is 1.24 bits per heavy atom. The molecule has 0 fully saturated rings. The fraction of sp³-hybridized carbons (Fsp3) is 0. The molecule has 0 aromatic heterocycles. The van der Waals surface area contributed by atoms with Gasteiger partial charge in [-0.2, -0.15) is 0 Å². The Bertz CT molecular complexity index is 462. The molecule has 3 heteroatoms. The van der Waals surface area contributed by atoms with E-state index in [1.807, 2.05) is 12.1 Å². The quantitative estimate of drug-likeness (QED) is 0.408. The summed E-state index contributed by atoms with van der Waals surface area (Å²) in [4.78, 5) is 23.6. The summed E-state index contributed by atoms with van der Waals surface area (Å²) in [6.45, 7) is 0. The fourth-order valence-electron chi connectivity index (χ4n) is 1.44. The molecule has 0 aliphatic heterocycles. The van der Waals surface area contributed by atoms with Crippen LogP contribution in [0.4, 0.5) is 0 Å². The van der Waals surface area contributed by atoms with Crippen molar-refractivity contribution < 1.29 is 29.9 Å². The SMILES string of the molecule is O=C(C(=O)c1ccccc1)c1ccccc1.[H-].[Li+]. The first-order valence-electron chi connectivity index (χ1n) is 4.98. The van der Waals surface area contributed by atoms with Gasteiger partial charge in [0.05, 0.1) is 0 Å². The summed E-state index contributed by atoms with van der Waals surface area (Å²) in [6, 6.07) is 17.2. The molecule has 0 aliphatic carbocycles. The number of ketones is 2. The van der Waals surface area contributed by atoms with Crippen LogP contribution in [0.2, 0.25) is 0 Å². The van der Waals surface area contributed by atoms with Crippen LogP contribution in [-0.2, 0) is 0 Å². The third-order valence-electron chi connectivity index (χ3n) is 2.28. The Kier molecular flexibility index (Phi) is 4.90. The van der Waals surface area contributed by atoms with E-state index in [9.17, 15) is 9.59 Å². The first-order chi connectivity index (χ1) is 7.79. The molecule has 80 valence electrons. The number of hydrogen-bond donors (Lipinski definition) is 0. The molecular weight excluding hydrogens is 207 g/mol. The fourth-order valence-corrected chi connectivity index (χ4v) is 1.44. The topological polar surface area (TPSA) is 34.1 Å². The van der Waals surface area contributed by atoms with E-state index in [1.54, 1.807) is 48.5 Å². The Hall–Kier alpha value is -1.62. The maximum atomic E-state index is 11.8. The average molecular weight is 218 g/mol. The monoisotopic (exact) mass is 218 g/mol. The molecule has 0 amide bonds. The molecule has 17 heavy (non-hydrogen) atoms. The molecule has 2 rings (SSSR count). The van der Waals surface area contributed by atoms with Gasteiger partial charge in [-0.1, -0.05) is 60.7 Å². The minimum absolute atomic E-state index is 0. The molecule has 0 bridgehead atoms. The molecule has 0 N–H and O–H groups in total. The molecule has 0 atom stereocenters.